The standard InChI is InChI=1S/C13H25NO4/c1-13(2,3)18-12(16)14-7-4-6-11(14)10-17-9-5-8-15/h11,15H,4-10H2,1-3H3. The number of likely N-dealkylation sites (tertiary alicyclic amines) is 1. The van der Waals surface area contributed by atoms with Crippen molar-refractivity contribution in [3.8, 4) is 0 Å². The SMILES string of the molecule is CC(C)(C)OC(=O)N1CCCC1COCCCO. The fourth-order valence-corrected chi connectivity index (χ4v) is 1.96. The van der Waals surface area contributed by atoms with Gasteiger partial charge >= 0.3 is 6.09 Å². The van der Waals surface area contributed by atoms with E-state index >= 15 is 0 Å². The van der Waals surface area contributed by atoms with Gasteiger partial charge in [0.2, 0.25) is 0 Å². The Morgan fingerprint density at radius 3 is 2.78 bits per heavy atom. The van der Waals surface area contributed by atoms with E-state index in [0.29, 0.717) is 19.6 Å². The maximum atomic E-state index is 12.0. The Kier molecular flexibility index (Phi) is 5.88. The van der Waals surface area contributed by atoms with E-state index < -0.39 is 5.60 Å². The van der Waals surface area contributed by atoms with E-state index in [9.17, 15) is 4.79 Å². The number of amides is 1. The number of ether oxygens (including phenoxy) is 2. The van der Waals surface area contributed by atoms with Gasteiger partial charge in [0.05, 0.1) is 12.6 Å². The van der Waals surface area contributed by atoms with Crippen LogP contribution in [0.3, 0.4) is 0 Å². The summed E-state index contributed by atoms with van der Waals surface area (Å²) < 4.78 is 10.8. The first-order valence-corrected chi connectivity index (χ1v) is 6.62. The van der Waals surface area contributed by atoms with Crippen LogP contribution >= 0.6 is 0 Å². The van der Waals surface area contributed by atoms with E-state index in [0.717, 1.165) is 19.4 Å². The van der Waals surface area contributed by atoms with Gasteiger partial charge in [0, 0.05) is 19.8 Å². The lowest BCUT2D eigenvalue weighted by Gasteiger charge is -2.28. The minimum Gasteiger partial charge on any atom is -0.444 e. The fourth-order valence-electron chi connectivity index (χ4n) is 1.96. The second-order valence-electron chi connectivity index (χ2n) is 5.62. The van der Waals surface area contributed by atoms with Crippen molar-refractivity contribution < 1.29 is 19.4 Å². The largest absolute Gasteiger partial charge is 0.444 e. The molecule has 1 aliphatic heterocycles. The van der Waals surface area contributed by atoms with Crippen LogP contribution in [0, 0.1) is 0 Å². The molecule has 1 aliphatic rings. The molecule has 5 heteroatoms. The van der Waals surface area contributed by atoms with Gasteiger partial charge in [0.1, 0.15) is 5.60 Å². The monoisotopic (exact) mass is 259 g/mol. The van der Waals surface area contributed by atoms with Gasteiger partial charge in [-0.3, -0.25) is 0 Å². The Bertz CT molecular complexity index is 262. The summed E-state index contributed by atoms with van der Waals surface area (Å²) in [7, 11) is 0. The van der Waals surface area contributed by atoms with E-state index in [2.05, 4.69) is 0 Å². The quantitative estimate of drug-likeness (QED) is 0.765. The van der Waals surface area contributed by atoms with Gasteiger partial charge in [-0.15, -0.1) is 0 Å². The van der Waals surface area contributed by atoms with Crippen LogP contribution in [0.2, 0.25) is 0 Å². The summed E-state index contributed by atoms with van der Waals surface area (Å²) in [5.74, 6) is 0. The molecule has 1 N–H and O–H groups in total. The zero-order valence-corrected chi connectivity index (χ0v) is 11.6. The minimum atomic E-state index is -0.456. The fraction of sp³-hybridized carbons (Fsp3) is 0.923. The molecule has 1 saturated heterocycles. The third-order valence-electron chi connectivity index (χ3n) is 2.76. The Morgan fingerprint density at radius 1 is 1.44 bits per heavy atom. The van der Waals surface area contributed by atoms with Crippen molar-refractivity contribution in [1.29, 1.82) is 0 Å². The van der Waals surface area contributed by atoms with Crippen LogP contribution in [0.5, 0.6) is 0 Å². The van der Waals surface area contributed by atoms with Crippen LogP contribution in [-0.2, 0) is 9.47 Å². The number of aliphatic hydroxyl groups is 1. The second kappa shape index (κ2) is 6.95. The van der Waals surface area contributed by atoms with Crippen LogP contribution in [0.4, 0.5) is 4.79 Å². The highest BCUT2D eigenvalue weighted by molar-refractivity contribution is 5.68. The van der Waals surface area contributed by atoms with Crippen molar-refractivity contribution in [3.05, 3.63) is 0 Å². The van der Waals surface area contributed by atoms with Crippen molar-refractivity contribution in [3.63, 3.8) is 0 Å². The number of carbonyl (C=O) groups excluding carboxylic acids is 1. The second-order valence-corrected chi connectivity index (χ2v) is 5.62. The molecule has 18 heavy (non-hydrogen) atoms. The van der Waals surface area contributed by atoms with Crippen molar-refractivity contribution in [1.82, 2.24) is 4.90 Å². The molecule has 0 radical (unpaired) electrons. The third kappa shape index (κ3) is 5.23. The summed E-state index contributed by atoms with van der Waals surface area (Å²) in [6.07, 6.45) is 2.33. The topological polar surface area (TPSA) is 59.0 Å². The van der Waals surface area contributed by atoms with Crippen LogP contribution in [0.15, 0.2) is 0 Å². The van der Waals surface area contributed by atoms with Gasteiger partial charge in [0.25, 0.3) is 0 Å². The molecule has 0 aromatic carbocycles. The van der Waals surface area contributed by atoms with Gasteiger partial charge in [-0.1, -0.05) is 0 Å². The molecule has 5 nitrogen and oxygen atoms in total. The minimum absolute atomic E-state index is 0.110. The van der Waals surface area contributed by atoms with E-state index in [4.69, 9.17) is 14.6 Å². The molecule has 1 fully saturated rings. The van der Waals surface area contributed by atoms with Crippen molar-refractivity contribution in [2.24, 2.45) is 0 Å². The molecule has 0 saturated carbocycles. The molecule has 0 aliphatic carbocycles. The molecule has 1 atom stereocenters. The number of aliphatic hydroxyl groups excluding tert-OH is 1. The van der Waals surface area contributed by atoms with Gasteiger partial charge < -0.3 is 19.5 Å². The molecule has 1 heterocycles. The molecular weight excluding hydrogens is 234 g/mol. The van der Waals surface area contributed by atoms with Crippen molar-refractivity contribution >= 4 is 6.09 Å². The summed E-state index contributed by atoms with van der Waals surface area (Å²) in [4.78, 5) is 13.7. The van der Waals surface area contributed by atoms with E-state index in [1.165, 1.54) is 0 Å². The summed E-state index contributed by atoms with van der Waals surface area (Å²) in [6.45, 7) is 7.55. The lowest BCUT2D eigenvalue weighted by atomic mass is 10.2. The Hall–Kier alpha value is -0.810. The lowest BCUT2D eigenvalue weighted by Crippen LogP contribution is -2.41. The molecule has 0 aromatic heterocycles. The summed E-state index contributed by atoms with van der Waals surface area (Å²) in [6, 6.07) is 0.110. The molecule has 0 aromatic rings. The molecule has 0 bridgehead atoms. The zero-order valence-electron chi connectivity index (χ0n) is 11.6. The number of carbonyl (C=O) groups is 1. The first-order valence-electron chi connectivity index (χ1n) is 6.62. The van der Waals surface area contributed by atoms with Crippen LogP contribution in [0.25, 0.3) is 0 Å². The molecule has 1 rings (SSSR count). The summed E-state index contributed by atoms with van der Waals surface area (Å²) >= 11 is 0. The first kappa shape index (κ1) is 15.2. The highest BCUT2D eigenvalue weighted by atomic mass is 16.6. The van der Waals surface area contributed by atoms with Gasteiger partial charge in [-0.05, 0) is 40.0 Å². The molecule has 1 unspecified atom stereocenters. The van der Waals surface area contributed by atoms with Gasteiger partial charge in [-0.25, -0.2) is 4.79 Å². The van der Waals surface area contributed by atoms with E-state index in [1.54, 1.807) is 4.90 Å². The maximum Gasteiger partial charge on any atom is 0.410 e. The molecular formula is C13H25NO4. The average Bonchev–Trinajstić information content (AvgIpc) is 2.70. The molecule has 106 valence electrons. The van der Waals surface area contributed by atoms with Crippen LogP contribution in [0.1, 0.15) is 40.0 Å². The predicted octanol–water partition coefficient (Wildman–Crippen LogP) is 1.78. The van der Waals surface area contributed by atoms with E-state index in [-0.39, 0.29) is 18.7 Å². The third-order valence-corrected chi connectivity index (χ3v) is 2.76. The lowest BCUT2D eigenvalue weighted by molar-refractivity contribution is 0.00957. The molecule has 0 spiro atoms. The zero-order chi connectivity index (χ0) is 13.6. The predicted molar refractivity (Wildman–Crippen MR) is 68.5 cm³/mol. The summed E-state index contributed by atoms with van der Waals surface area (Å²) in [5.41, 5.74) is -0.456. The first-order chi connectivity index (χ1) is 8.44. The van der Waals surface area contributed by atoms with Crippen molar-refractivity contribution in [2.45, 2.75) is 51.7 Å². The van der Waals surface area contributed by atoms with Crippen LogP contribution < -0.4 is 0 Å². The smallest absolute Gasteiger partial charge is 0.410 e. The Balaban J connectivity index is 2.36. The maximum absolute atomic E-state index is 12.0. The Labute approximate surface area is 109 Å². The van der Waals surface area contributed by atoms with Gasteiger partial charge in [-0.2, -0.15) is 0 Å². The van der Waals surface area contributed by atoms with Crippen LogP contribution in [-0.4, -0.2) is 54.1 Å². The van der Waals surface area contributed by atoms with Gasteiger partial charge in [0.15, 0.2) is 0 Å². The van der Waals surface area contributed by atoms with Crippen molar-refractivity contribution in [2.75, 3.05) is 26.4 Å². The number of hydrogen-bond donors (Lipinski definition) is 1. The number of nitrogens with zero attached hydrogens (tertiary/aromatic N) is 1. The summed E-state index contributed by atoms with van der Waals surface area (Å²) in [5, 5.41) is 8.66. The highest BCUT2D eigenvalue weighted by Gasteiger charge is 2.32. The average molecular weight is 259 g/mol. The highest BCUT2D eigenvalue weighted by Crippen LogP contribution is 2.21. The number of rotatable bonds is 5. The number of hydrogen-bond acceptors (Lipinski definition) is 4. The Morgan fingerprint density at radius 2 is 2.17 bits per heavy atom. The van der Waals surface area contributed by atoms with E-state index in [1.807, 2.05) is 20.8 Å². The molecule has 1 amide bonds. The normalized spacial score (nSPS) is 20.2.